The minimum absolute atomic E-state index is 0.389. The van der Waals surface area contributed by atoms with Crippen LogP contribution in [0.2, 0.25) is 0 Å². The van der Waals surface area contributed by atoms with Gasteiger partial charge in [-0.05, 0) is 31.7 Å². The molecule has 0 radical (unpaired) electrons. The standard InChI is InChI=1S/C16H23N5/c17-10-15-16(19-8-7-18-15)20-11-13-6-9-21(12-13)14-4-2-1-3-5-14/h7-8,13-14H,1-6,9,11-12H2,(H,19,20). The summed E-state index contributed by atoms with van der Waals surface area (Å²) in [6, 6.07) is 2.90. The van der Waals surface area contributed by atoms with E-state index in [2.05, 4.69) is 26.3 Å². The molecule has 1 aromatic heterocycles. The Hall–Kier alpha value is -1.67. The SMILES string of the molecule is N#Cc1nccnc1NCC1CCN(C2CCCCC2)C1. The molecule has 0 amide bonds. The Balaban J connectivity index is 1.50. The lowest BCUT2D eigenvalue weighted by Gasteiger charge is -2.31. The van der Waals surface area contributed by atoms with Gasteiger partial charge in [0.25, 0.3) is 0 Å². The van der Waals surface area contributed by atoms with E-state index in [0.29, 0.717) is 17.4 Å². The highest BCUT2D eigenvalue weighted by atomic mass is 15.2. The first-order chi connectivity index (χ1) is 10.4. The first kappa shape index (κ1) is 14.3. The van der Waals surface area contributed by atoms with Gasteiger partial charge < -0.3 is 10.2 Å². The third-order valence-electron chi connectivity index (χ3n) is 4.77. The van der Waals surface area contributed by atoms with Crippen molar-refractivity contribution in [1.82, 2.24) is 14.9 Å². The zero-order chi connectivity index (χ0) is 14.5. The number of rotatable bonds is 4. The van der Waals surface area contributed by atoms with E-state index < -0.39 is 0 Å². The molecule has 1 N–H and O–H groups in total. The number of nitriles is 1. The lowest BCUT2D eigenvalue weighted by molar-refractivity contribution is 0.186. The summed E-state index contributed by atoms with van der Waals surface area (Å²) in [6.07, 6.45) is 11.4. The fourth-order valence-corrected chi connectivity index (χ4v) is 3.60. The van der Waals surface area contributed by atoms with Crippen LogP contribution in [0.5, 0.6) is 0 Å². The lowest BCUT2D eigenvalue weighted by atomic mass is 9.94. The number of hydrogen-bond acceptors (Lipinski definition) is 5. The molecule has 3 rings (SSSR count). The molecule has 1 aliphatic heterocycles. The van der Waals surface area contributed by atoms with Gasteiger partial charge in [-0.25, -0.2) is 9.97 Å². The maximum Gasteiger partial charge on any atom is 0.182 e. The Morgan fingerprint density at radius 2 is 2.00 bits per heavy atom. The van der Waals surface area contributed by atoms with E-state index in [4.69, 9.17) is 5.26 Å². The molecule has 2 aliphatic rings. The Morgan fingerprint density at radius 3 is 2.81 bits per heavy atom. The molecule has 0 spiro atoms. The van der Waals surface area contributed by atoms with Crippen molar-refractivity contribution in [2.45, 2.75) is 44.6 Å². The molecular weight excluding hydrogens is 262 g/mol. The van der Waals surface area contributed by atoms with Crippen molar-refractivity contribution in [2.75, 3.05) is 25.0 Å². The van der Waals surface area contributed by atoms with Crippen molar-refractivity contribution < 1.29 is 0 Å². The highest BCUT2D eigenvalue weighted by molar-refractivity contribution is 5.46. The van der Waals surface area contributed by atoms with Crippen molar-refractivity contribution in [3.63, 3.8) is 0 Å². The van der Waals surface area contributed by atoms with Crippen LogP contribution < -0.4 is 5.32 Å². The summed E-state index contributed by atoms with van der Waals surface area (Å²) in [4.78, 5) is 10.9. The quantitative estimate of drug-likeness (QED) is 0.920. The molecule has 1 unspecified atom stereocenters. The Kier molecular flexibility index (Phi) is 4.66. The molecule has 1 saturated heterocycles. The highest BCUT2D eigenvalue weighted by Gasteiger charge is 2.28. The number of likely N-dealkylation sites (tertiary alicyclic amines) is 1. The smallest absolute Gasteiger partial charge is 0.182 e. The number of anilines is 1. The van der Waals surface area contributed by atoms with Gasteiger partial charge in [0.15, 0.2) is 11.5 Å². The highest BCUT2D eigenvalue weighted by Crippen LogP contribution is 2.27. The largest absolute Gasteiger partial charge is 0.367 e. The van der Waals surface area contributed by atoms with Crippen molar-refractivity contribution >= 4 is 5.82 Å². The number of aromatic nitrogens is 2. The first-order valence-corrected chi connectivity index (χ1v) is 8.06. The minimum Gasteiger partial charge on any atom is -0.367 e. The third kappa shape index (κ3) is 3.51. The zero-order valence-electron chi connectivity index (χ0n) is 12.5. The predicted octanol–water partition coefficient (Wildman–Crippen LogP) is 2.41. The Morgan fingerprint density at radius 1 is 1.19 bits per heavy atom. The van der Waals surface area contributed by atoms with Gasteiger partial charge >= 0.3 is 0 Å². The van der Waals surface area contributed by atoms with E-state index in [1.807, 2.05) is 0 Å². The molecule has 5 nitrogen and oxygen atoms in total. The fourth-order valence-electron chi connectivity index (χ4n) is 3.60. The van der Waals surface area contributed by atoms with E-state index >= 15 is 0 Å². The van der Waals surface area contributed by atoms with Crippen LogP contribution in [-0.2, 0) is 0 Å². The van der Waals surface area contributed by atoms with Gasteiger partial charge in [0.2, 0.25) is 0 Å². The summed E-state index contributed by atoms with van der Waals surface area (Å²) in [7, 11) is 0. The second-order valence-corrected chi connectivity index (χ2v) is 6.19. The van der Waals surface area contributed by atoms with Crippen LogP contribution in [0.15, 0.2) is 12.4 Å². The normalized spacial score (nSPS) is 23.9. The summed E-state index contributed by atoms with van der Waals surface area (Å²) >= 11 is 0. The average molecular weight is 285 g/mol. The van der Waals surface area contributed by atoms with Crippen molar-refractivity contribution in [2.24, 2.45) is 5.92 Å². The molecule has 0 aromatic carbocycles. The van der Waals surface area contributed by atoms with E-state index in [9.17, 15) is 0 Å². The average Bonchev–Trinajstić information content (AvgIpc) is 3.03. The maximum atomic E-state index is 9.02. The second-order valence-electron chi connectivity index (χ2n) is 6.19. The molecular formula is C16H23N5. The van der Waals surface area contributed by atoms with Crippen molar-refractivity contribution in [3.05, 3.63) is 18.1 Å². The monoisotopic (exact) mass is 285 g/mol. The van der Waals surface area contributed by atoms with Crippen LogP contribution in [0.1, 0.15) is 44.2 Å². The van der Waals surface area contributed by atoms with Gasteiger partial charge in [0.05, 0.1) is 0 Å². The van der Waals surface area contributed by atoms with Gasteiger partial charge in [-0.2, -0.15) is 5.26 Å². The zero-order valence-corrected chi connectivity index (χ0v) is 12.5. The van der Waals surface area contributed by atoms with Gasteiger partial charge in [-0.15, -0.1) is 0 Å². The van der Waals surface area contributed by atoms with Crippen LogP contribution in [0, 0.1) is 17.2 Å². The lowest BCUT2D eigenvalue weighted by Crippen LogP contribution is -2.35. The van der Waals surface area contributed by atoms with Crippen LogP contribution in [-0.4, -0.2) is 40.5 Å². The van der Waals surface area contributed by atoms with E-state index in [1.54, 1.807) is 12.4 Å². The molecule has 2 heterocycles. The van der Waals surface area contributed by atoms with Gasteiger partial charge in [0, 0.05) is 31.5 Å². The molecule has 0 bridgehead atoms. The number of nitrogens with zero attached hydrogens (tertiary/aromatic N) is 4. The molecule has 1 aliphatic carbocycles. The molecule has 112 valence electrons. The summed E-state index contributed by atoms with van der Waals surface area (Å²) in [5.74, 6) is 1.27. The van der Waals surface area contributed by atoms with Gasteiger partial charge in [0.1, 0.15) is 6.07 Å². The van der Waals surface area contributed by atoms with Gasteiger partial charge in [-0.3, -0.25) is 0 Å². The summed E-state index contributed by atoms with van der Waals surface area (Å²) in [5.41, 5.74) is 0.389. The second kappa shape index (κ2) is 6.86. The van der Waals surface area contributed by atoms with Crippen molar-refractivity contribution in [3.8, 4) is 6.07 Å². The summed E-state index contributed by atoms with van der Waals surface area (Å²) in [5, 5.41) is 12.3. The fraction of sp³-hybridized carbons (Fsp3) is 0.688. The molecule has 1 saturated carbocycles. The Bertz CT molecular complexity index is 504. The Labute approximate surface area is 126 Å². The predicted molar refractivity (Wildman–Crippen MR) is 81.8 cm³/mol. The van der Waals surface area contributed by atoms with Crippen LogP contribution in [0.25, 0.3) is 0 Å². The molecule has 1 aromatic rings. The number of hydrogen-bond donors (Lipinski definition) is 1. The van der Waals surface area contributed by atoms with Crippen molar-refractivity contribution in [1.29, 1.82) is 5.26 Å². The van der Waals surface area contributed by atoms with Crippen LogP contribution in [0.3, 0.4) is 0 Å². The first-order valence-electron chi connectivity index (χ1n) is 8.06. The van der Waals surface area contributed by atoms with E-state index in [0.717, 1.165) is 12.6 Å². The molecule has 21 heavy (non-hydrogen) atoms. The molecule has 5 heteroatoms. The summed E-state index contributed by atoms with van der Waals surface area (Å²) < 4.78 is 0. The van der Waals surface area contributed by atoms with E-state index in [-0.39, 0.29) is 0 Å². The topological polar surface area (TPSA) is 64.8 Å². The van der Waals surface area contributed by atoms with Gasteiger partial charge in [-0.1, -0.05) is 19.3 Å². The molecule has 1 atom stereocenters. The van der Waals surface area contributed by atoms with Crippen LogP contribution >= 0.6 is 0 Å². The van der Waals surface area contributed by atoms with E-state index in [1.165, 1.54) is 51.6 Å². The summed E-state index contributed by atoms with van der Waals surface area (Å²) in [6.45, 7) is 3.29. The third-order valence-corrected chi connectivity index (χ3v) is 4.77. The van der Waals surface area contributed by atoms with Crippen LogP contribution in [0.4, 0.5) is 5.82 Å². The minimum atomic E-state index is 0.389. The maximum absolute atomic E-state index is 9.02. The molecule has 2 fully saturated rings. The number of nitrogens with one attached hydrogen (secondary N) is 1.